The lowest BCUT2D eigenvalue weighted by molar-refractivity contribution is -0.139. The molecule has 170 valence electrons. The second kappa shape index (κ2) is 10.7. The van der Waals surface area contributed by atoms with Crippen molar-refractivity contribution in [3.63, 3.8) is 0 Å². The van der Waals surface area contributed by atoms with Crippen molar-refractivity contribution in [2.75, 3.05) is 13.2 Å². The molecule has 0 saturated carbocycles. The van der Waals surface area contributed by atoms with Crippen molar-refractivity contribution in [1.29, 1.82) is 0 Å². The molecule has 7 nitrogen and oxygen atoms in total. The van der Waals surface area contributed by atoms with E-state index in [0.29, 0.717) is 46.9 Å². The molecule has 3 rings (SSSR count). The van der Waals surface area contributed by atoms with E-state index in [2.05, 4.69) is 10.6 Å². The number of carbonyl (C=O) groups is 2. The molecule has 2 N–H and O–H groups in total. The van der Waals surface area contributed by atoms with Crippen LogP contribution in [0.3, 0.4) is 0 Å². The largest absolute Gasteiger partial charge is 0.490 e. The fourth-order valence-corrected chi connectivity index (χ4v) is 3.46. The molecule has 0 aliphatic carbocycles. The third-order valence-electron chi connectivity index (χ3n) is 4.94. The Morgan fingerprint density at radius 1 is 1.03 bits per heavy atom. The van der Waals surface area contributed by atoms with Gasteiger partial charge in [-0.25, -0.2) is 14.0 Å². The first-order chi connectivity index (χ1) is 15.5. The summed E-state index contributed by atoms with van der Waals surface area (Å²) in [4.78, 5) is 24.9. The number of carbonyl (C=O) groups excluding carboxylic acids is 2. The highest BCUT2D eigenvalue weighted by Crippen LogP contribution is 2.35. The van der Waals surface area contributed by atoms with Crippen molar-refractivity contribution in [3.8, 4) is 11.5 Å². The van der Waals surface area contributed by atoms with Gasteiger partial charge in [-0.05, 0) is 44.0 Å². The van der Waals surface area contributed by atoms with Gasteiger partial charge in [0.2, 0.25) is 0 Å². The highest BCUT2D eigenvalue weighted by atomic mass is 19.1. The number of amides is 2. The lowest BCUT2D eigenvalue weighted by Gasteiger charge is -2.29. The molecular formula is C24H27FN2O5. The van der Waals surface area contributed by atoms with Crippen LogP contribution in [0.4, 0.5) is 9.18 Å². The van der Waals surface area contributed by atoms with E-state index in [1.807, 2.05) is 13.8 Å². The summed E-state index contributed by atoms with van der Waals surface area (Å²) in [6.07, 6.45) is 0.459. The normalized spacial score (nSPS) is 15.6. The van der Waals surface area contributed by atoms with Gasteiger partial charge < -0.3 is 24.8 Å². The third-order valence-corrected chi connectivity index (χ3v) is 4.94. The van der Waals surface area contributed by atoms with Gasteiger partial charge in [-0.15, -0.1) is 0 Å². The third kappa shape index (κ3) is 5.19. The SMILES string of the molecule is CCOC(=O)C1=C(CC)NC(=O)NC1c1ccc(OCc2ccccc2F)c(OCC)c1. The van der Waals surface area contributed by atoms with E-state index < -0.39 is 18.0 Å². The molecule has 0 radical (unpaired) electrons. The van der Waals surface area contributed by atoms with Gasteiger partial charge in [-0.2, -0.15) is 0 Å². The zero-order valence-electron chi connectivity index (χ0n) is 18.4. The lowest BCUT2D eigenvalue weighted by atomic mass is 9.94. The number of hydrogen-bond acceptors (Lipinski definition) is 5. The molecule has 0 bridgehead atoms. The van der Waals surface area contributed by atoms with Crippen molar-refractivity contribution in [2.45, 2.75) is 39.8 Å². The highest BCUT2D eigenvalue weighted by molar-refractivity contribution is 5.95. The van der Waals surface area contributed by atoms with Crippen molar-refractivity contribution >= 4 is 12.0 Å². The first-order valence-electron chi connectivity index (χ1n) is 10.6. The van der Waals surface area contributed by atoms with Crippen LogP contribution in [-0.4, -0.2) is 25.2 Å². The zero-order chi connectivity index (χ0) is 23.1. The van der Waals surface area contributed by atoms with E-state index >= 15 is 0 Å². The maximum Gasteiger partial charge on any atom is 0.338 e. The van der Waals surface area contributed by atoms with Crippen LogP contribution < -0.4 is 20.1 Å². The summed E-state index contributed by atoms with van der Waals surface area (Å²) >= 11 is 0. The number of halogens is 1. The number of benzene rings is 2. The Morgan fingerprint density at radius 3 is 2.50 bits per heavy atom. The van der Waals surface area contributed by atoms with Gasteiger partial charge in [-0.3, -0.25) is 0 Å². The number of esters is 1. The van der Waals surface area contributed by atoms with Crippen LogP contribution in [0.1, 0.15) is 44.4 Å². The average Bonchev–Trinajstić information content (AvgIpc) is 2.78. The van der Waals surface area contributed by atoms with E-state index in [1.165, 1.54) is 6.07 Å². The quantitative estimate of drug-likeness (QED) is 0.563. The van der Waals surface area contributed by atoms with Crippen molar-refractivity contribution in [1.82, 2.24) is 10.6 Å². The molecule has 0 saturated heterocycles. The van der Waals surface area contributed by atoms with Crippen LogP contribution in [0.2, 0.25) is 0 Å². The zero-order valence-corrected chi connectivity index (χ0v) is 18.4. The van der Waals surface area contributed by atoms with Gasteiger partial charge in [0.15, 0.2) is 11.5 Å². The summed E-state index contributed by atoms with van der Waals surface area (Å²) in [6, 6.07) is 10.4. The van der Waals surface area contributed by atoms with Gasteiger partial charge in [0, 0.05) is 11.3 Å². The van der Waals surface area contributed by atoms with Crippen LogP contribution in [0.15, 0.2) is 53.7 Å². The van der Waals surface area contributed by atoms with E-state index in [1.54, 1.807) is 43.3 Å². The minimum absolute atomic E-state index is 0.0319. The molecule has 1 heterocycles. The summed E-state index contributed by atoms with van der Waals surface area (Å²) < 4.78 is 30.7. The Kier molecular flexibility index (Phi) is 7.70. The molecule has 1 atom stereocenters. The van der Waals surface area contributed by atoms with E-state index in [-0.39, 0.29) is 19.0 Å². The minimum Gasteiger partial charge on any atom is -0.490 e. The first kappa shape index (κ1) is 23.1. The van der Waals surface area contributed by atoms with Crippen molar-refractivity contribution in [2.24, 2.45) is 0 Å². The molecular weight excluding hydrogens is 415 g/mol. The monoisotopic (exact) mass is 442 g/mol. The topological polar surface area (TPSA) is 85.9 Å². The van der Waals surface area contributed by atoms with Gasteiger partial charge >= 0.3 is 12.0 Å². The number of nitrogens with one attached hydrogen (secondary N) is 2. The van der Waals surface area contributed by atoms with Crippen LogP contribution in [0.5, 0.6) is 11.5 Å². The minimum atomic E-state index is -0.711. The summed E-state index contributed by atoms with van der Waals surface area (Å²) in [5.41, 5.74) is 1.91. The predicted molar refractivity (Wildman–Crippen MR) is 117 cm³/mol. The maximum absolute atomic E-state index is 13.9. The van der Waals surface area contributed by atoms with Crippen LogP contribution in [-0.2, 0) is 16.1 Å². The fraction of sp³-hybridized carbons (Fsp3) is 0.333. The second-order valence-electron chi connectivity index (χ2n) is 7.02. The number of rotatable bonds is 9. The molecule has 32 heavy (non-hydrogen) atoms. The van der Waals surface area contributed by atoms with Crippen LogP contribution in [0.25, 0.3) is 0 Å². The van der Waals surface area contributed by atoms with Gasteiger partial charge in [0.25, 0.3) is 0 Å². The molecule has 1 aliphatic heterocycles. The van der Waals surface area contributed by atoms with E-state index in [4.69, 9.17) is 14.2 Å². The molecule has 0 spiro atoms. The second-order valence-corrected chi connectivity index (χ2v) is 7.02. The first-order valence-corrected chi connectivity index (χ1v) is 10.6. The van der Waals surface area contributed by atoms with Gasteiger partial charge in [0.05, 0.1) is 24.8 Å². The van der Waals surface area contributed by atoms with E-state index in [0.717, 1.165) is 0 Å². The number of hydrogen-bond donors (Lipinski definition) is 2. The molecule has 1 unspecified atom stereocenters. The maximum atomic E-state index is 13.9. The van der Waals surface area contributed by atoms with Gasteiger partial charge in [-0.1, -0.05) is 31.2 Å². The fourth-order valence-electron chi connectivity index (χ4n) is 3.46. The Morgan fingerprint density at radius 2 is 1.81 bits per heavy atom. The summed E-state index contributed by atoms with van der Waals surface area (Å²) in [7, 11) is 0. The average molecular weight is 442 g/mol. The molecule has 0 aromatic heterocycles. The summed E-state index contributed by atoms with van der Waals surface area (Å²) in [5.74, 6) is 0.00219. The number of urea groups is 1. The number of allylic oxidation sites excluding steroid dienone is 1. The smallest absolute Gasteiger partial charge is 0.338 e. The standard InChI is InChI=1S/C24H27FN2O5/c1-4-18-21(23(28)31-6-3)22(27-24(29)26-18)15-11-12-19(20(13-15)30-5-2)32-14-16-9-7-8-10-17(16)25/h7-13,22H,4-6,14H2,1-3H3,(H2,26,27,29). The Balaban J connectivity index is 1.94. The Bertz CT molecular complexity index is 1020. The Labute approximate surface area is 186 Å². The van der Waals surface area contributed by atoms with Crippen molar-refractivity contribution < 1.29 is 28.2 Å². The molecule has 0 fully saturated rings. The van der Waals surface area contributed by atoms with E-state index in [9.17, 15) is 14.0 Å². The molecule has 2 amide bonds. The Hall–Kier alpha value is -3.55. The molecule has 1 aliphatic rings. The lowest BCUT2D eigenvalue weighted by Crippen LogP contribution is -2.45. The van der Waals surface area contributed by atoms with Gasteiger partial charge in [0.1, 0.15) is 12.4 Å². The van der Waals surface area contributed by atoms with Crippen LogP contribution >= 0.6 is 0 Å². The molecule has 2 aromatic carbocycles. The van der Waals surface area contributed by atoms with Crippen molar-refractivity contribution in [3.05, 3.63) is 70.7 Å². The summed E-state index contributed by atoms with van der Waals surface area (Å²) in [6.45, 7) is 6.03. The summed E-state index contributed by atoms with van der Waals surface area (Å²) in [5, 5.41) is 5.47. The molecule has 8 heteroatoms. The molecule has 2 aromatic rings. The highest BCUT2D eigenvalue weighted by Gasteiger charge is 2.33. The number of ether oxygens (including phenoxy) is 3. The predicted octanol–water partition coefficient (Wildman–Crippen LogP) is 4.38. The van der Waals surface area contributed by atoms with Crippen LogP contribution in [0, 0.1) is 5.82 Å².